The smallest absolute Gasteiger partial charge is 0.251 e. The molecule has 1 N–H and O–H groups in total. The maximum atomic E-state index is 12.4. The number of sulfonamides is 1. The first-order valence-electron chi connectivity index (χ1n) is 8.91. The van der Waals surface area contributed by atoms with Crippen molar-refractivity contribution in [3.63, 3.8) is 0 Å². The third kappa shape index (κ3) is 3.83. The van der Waals surface area contributed by atoms with Crippen LogP contribution in [0.3, 0.4) is 0 Å². The number of carbonyl (C=O) groups excluding carboxylic acids is 1. The quantitative estimate of drug-likeness (QED) is 0.840. The van der Waals surface area contributed by atoms with Crippen LogP contribution in [0.1, 0.15) is 61.4 Å². The molecule has 8 nitrogen and oxygen atoms in total. The lowest BCUT2D eigenvalue weighted by Crippen LogP contribution is -2.30. The van der Waals surface area contributed by atoms with Crippen molar-refractivity contribution in [2.45, 2.75) is 45.7 Å². The molecule has 0 spiro atoms. The van der Waals surface area contributed by atoms with E-state index in [1.54, 1.807) is 29.2 Å². The number of nitrogens with zero attached hydrogens (tertiary/aromatic N) is 4. The minimum absolute atomic E-state index is 0.0116. The van der Waals surface area contributed by atoms with Gasteiger partial charge >= 0.3 is 0 Å². The molecule has 0 radical (unpaired) electrons. The number of benzene rings is 1. The zero-order chi connectivity index (χ0) is 19.9. The summed E-state index contributed by atoms with van der Waals surface area (Å²) in [5, 5.41) is 7.37. The number of hydrogen-bond donors (Lipinski definition) is 1. The fraction of sp³-hybridized carbons (Fsp3) is 0.500. The van der Waals surface area contributed by atoms with E-state index < -0.39 is 10.0 Å². The molecule has 2 aromatic rings. The zero-order valence-corrected chi connectivity index (χ0v) is 17.0. The van der Waals surface area contributed by atoms with Crippen molar-refractivity contribution in [1.29, 1.82) is 0 Å². The Kier molecular flexibility index (Phi) is 4.98. The fourth-order valence-corrected chi connectivity index (χ4v) is 4.08. The van der Waals surface area contributed by atoms with E-state index in [0.29, 0.717) is 17.1 Å². The van der Waals surface area contributed by atoms with Crippen molar-refractivity contribution < 1.29 is 13.2 Å². The van der Waals surface area contributed by atoms with Crippen LogP contribution in [0.5, 0.6) is 0 Å². The van der Waals surface area contributed by atoms with Crippen molar-refractivity contribution in [2.75, 3.05) is 17.1 Å². The minimum Gasteiger partial charge on any atom is -0.350 e. The van der Waals surface area contributed by atoms with Gasteiger partial charge in [0.15, 0.2) is 5.82 Å². The molecule has 1 aromatic heterocycles. The molecule has 3 rings (SSSR count). The molecule has 1 aromatic carbocycles. The highest BCUT2D eigenvalue weighted by molar-refractivity contribution is 7.92. The van der Waals surface area contributed by atoms with Crippen LogP contribution in [-0.4, -0.2) is 47.9 Å². The van der Waals surface area contributed by atoms with Gasteiger partial charge in [0.1, 0.15) is 6.33 Å². The summed E-state index contributed by atoms with van der Waals surface area (Å²) in [6.45, 7) is 8.01. The summed E-state index contributed by atoms with van der Waals surface area (Å²) in [5.41, 5.74) is 1.81. The first-order chi connectivity index (χ1) is 12.6. The van der Waals surface area contributed by atoms with E-state index in [2.05, 4.69) is 15.4 Å². The van der Waals surface area contributed by atoms with E-state index in [0.717, 1.165) is 5.56 Å². The maximum absolute atomic E-state index is 12.4. The molecule has 0 unspecified atom stereocenters. The Morgan fingerprint density at radius 2 is 1.96 bits per heavy atom. The Bertz CT molecular complexity index is 965. The van der Waals surface area contributed by atoms with Crippen molar-refractivity contribution in [3.05, 3.63) is 41.5 Å². The van der Waals surface area contributed by atoms with Gasteiger partial charge in [0, 0.05) is 24.2 Å². The number of amides is 1. The normalized spacial score (nSPS) is 16.9. The second-order valence-corrected chi connectivity index (χ2v) is 9.33. The molecule has 1 aliphatic heterocycles. The Hall–Kier alpha value is -2.42. The van der Waals surface area contributed by atoms with Gasteiger partial charge < -0.3 is 5.32 Å². The summed E-state index contributed by atoms with van der Waals surface area (Å²) >= 11 is 0. The van der Waals surface area contributed by atoms with Crippen LogP contribution in [-0.2, 0) is 10.0 Å². The lowest BCUT2D eigenvalue weighted by Gasteiger charge is -2.16. The number of nitrogens with one attached hydrogen (secondary N) is 1. The van der Waals surface area contributed by atoms with Crippen molar-refractivity contribution in [2.24, 2.45) is 0 Å². The van der Waals surface area contributed by atoms with E-state index >= 15 is 0 Å². The first kappa shape index (κ1) is 19.3. The Balaban J connectivity index is 2.06. The second kappa shape index (κ2) is 6.95. The van der Waals surface area contributed by atoms with E-state index in [9.17, 15) is 13.2 Å². The van der Waals surface area contributed by atoms with Gasteiger partial charge in [-0.05, 0) is 51.5 Å². The standard InChI is InChI=1S/C18H25N5O3S/c1-11(2)20-18(24)13-6-7-16-14(8-13)15(9-23(16)27(5,25)26)17-19-10-22(21-17)12(3)4/h6-8,10-12,15H,9H2,1-5H3,(H,20,24)/t15-/m0/s1. The van der Waals surface area contributed by atoms with Gasteiger partial charge in [0.2, 0.25) is 10.0 Å². The third-order valence-corrected chi connectivity index (χ3v) is 5.62. The van der Waals surface area contributed by atoms with Gasteiger partial charge in [-0.1, -0.05) is 0 Å². The molecular weight excluding hydrogens is 366 g/mol. The van der Waals surface area contributed by atoms with Gasteiger partial charge in [-0.2, -0.15) is 5.10 Å². The highest BCUT2D eigenvalue weighted by Crippen LogP contribution is 2.40. The highest BCUT2D eigenvalue weighted by Gasteiger charge is 2.37. The number of aromatic nitrogens is 3. The molecule has 9 heteroatoms. The summed E-state index contributed by atoms with van der Waals surface area (Å²) in [4.78, 5) is 16.8. The topological polar surface area (TPSA) is 97.2 Å². The second-order valence-electron chi connectivity index (χ2n) is 7.42. The largest absolute Gasteiger partial charge is 0.350 e. The van der Waals surface area contributed by atoms with Crippen LogP contribution in [0.15, 0.2) is 24.5 Å². The molecule has 27 heavy (non-hydrogen) atoms. The van der Waals surface area contributed by atoms with Gasteiger partial charge in [-0.15, -0.1) is 0 Å². The molecule has 0 saturated carbocycles. The molecule has 0 saturated heterocycles. The van der Waals surface area contributed by atoms with E-state index in [1.807, 2.05) is 27.7 Å². The minimum atomic E-state index is -3.45. The van der Waals surface area contributed by atoms with Crippen molar-refractivity contribution in [1.82, 2.24) is 20.1 Å². The van der Waals surface area contributed by atoms with Crippen molar-refractivity contribution in [3.8, 4) is 0 Å². The highest BCUT2D eigenvalue weighted by atomic mass is 32.2. The average Bonchev–Trinajstić information content (AvgIpc) is 3.17. The van der Waals surface area contributed by atoms with Crippen LogP contribution in [0.25, 0.3) is 0 Å². The number of fused-ring (bicyclic) bond motifs is 1. The number of anilines is 1. The molecule has 1 aliphatic rings. The molecular formula is C18H25N5O3S. The van der Waals surface area contributed by atoms with Gasteiger partial charge in [-0.25, -0.2) is 13.4 Å². The summed E-state index contributed by atoms with van der Waals surface area (Å²) < 4.78 is 27.6. The molecule has 146 valence electrons. The Morgan fingerprint density at radius 3 is 2.52 bits per heavy atom. The summed E-state index contributed by atoms with van der Waals surface area (Å²) in [6.07, 6.45) is 2.83. The fourth-order valence-electron chi connectivity index (χ4n) is 3.14. The van der Waals surface area contributed by atoms with E-state index in [-0.39, 0.29) is 30.5 Å². The third-order valence-electron chi connectivity index (χ3n) is 4.47. The molecule has 2 heterocycles. The van der Waals surface area contributed by atoms with Crippen LogP contribution in [0.2, 0.25) is 0 Å². The van der Waals surface area contributed by atoms with Gasteiger partial charge in [0.05, 0.1) is 17.9 Å². The summed E-state index contributed by atoms with van der Waals surface area (Å²) in [6, 6.07) is 5.25. The summed E-state index contributed by atoms with van der Waals surface area (Å²) in [7, 11) is -3.45. The SMILES string of the molecule is CC(C)NC(=O)c1ccc2c(c1)[C@@H](c1ncn(C(C)C)n1)CN2S(C)(=O)=O. The van der Waals surface area contributed by atoms with Gasteiger partial charge in [0.25, 0.3) is 5.91 Å². The van der Waals surface area contributed by atoms with Crippen molar-refractivity contribution >= 4 is 21.6 Å². The lowest BCUT2D eigenvalue weighted by atomic mass is 9.98. The Morgan fingerprint density at radius 1 is 1.26 bits per heavy atom. The van der Waals surface area contributed by atoms with Crippen LogP contribution in [0, 0.1) is 0 Å². The summed E-state index contributed by atoms with van der Waals surface area (Å²) in [5.74, 6) is 0.0454. The lowest BCUT2D eigenvalue weighted by molar-refractivity contribution is 0.0943. The molecule has 0 aliphatic carbocycles. The van der Waals surface area contributed by atoms with E-state index in [4.69, 9.17) is 0 Å². The van der Waals surface area contributed by atoms with Crippen LogP contribution >= 0.6 is 0 Å². The number of hydrogen-bond acceptors (Lipinski definition) is 5. The van der Waals surface area contributed by atoms with Crippen LogP contribution in [0.4, 0.5) is 5.69 Å². The predicted molar refractivity (Wildman–Crippen MR) is 103 cm³/mol. The number of carbonyl (C=O) groups is 1. The monoisotopic (exact) mass is 391 g/mol. The van der Waals surface area contributed by atoms with Gasteiger partial charge in [-0.3, -0.25) is 13.8 Å². The molecule has 1 atom stereocenters. The van der Waals surface area contributed by atoms with E-state index in [1.165, 1.54) is 10.6 Å². The Labute approximate surface area is 159 Å². The average molecular weight is 391 g/mol. The predicted octanol–water partition coefficient (Wildman–Crippen LogP) is 1.91. The maximum Gasteiger partial charge on any atom is 0.251 e. The molecule has 0 bridgehead atoms. The molecule has 0 fully saturated rings. The first-order valence-corrected chi connectivity index (χ1v) is 10.8. The molecule has 1 amide bonds. The van der Waals surface area contributed by atoms with Crippen LogP contribution < -0.4 is 9.62 Å². The zero-order valence-electron chi connectivity index (χ0n) is 16.2. The number of rotatable bonds is 5.